The van der Waals surface area contributed by atoms with Crippen molar-refractivity contribution >= 4 is 130 Å². The summed E-state index contributed by atoms with van der Waals surface area (Å²) in [6, 6.07) is 27.3. The van der Waals surface area contributed by atoms with Gasteiger partial charge in [0.1, 0.15) is 37.4 Å². The summed E-state index contributed by atoms with van der Waals surface area (Å²) in [6.45, 7) is 33.2. The van der Waals surface area contributed by atoms with Gasteiger partial charge in [-0.3, -0.25) is 34.3 Å². The molecule has 0 spiro atoms. The molecule has 0 aliphatic carbocycles. The summed E-state index contributed by atoms with van der Waals surface area (Å²) in [5, 5.41) is 19.6. The van der Waals surface area contributed by atoms with Crippen LogP contribution in [0.1, 0.15) is 87.4 Å². The van der Waals surface area contributed by atoms with Crippen molar-refractivity contribution < 1.29 is 36.7 Å². The Morgan fingerprint density at radius 1 is 0.548 bits per heavy atom. The molecule has 5 aromatic carbocycles. The van der Waals surface area contributed by atoms with E-state index in [4.69, 9.17) is 41.5 Å². The summed E-state index contributed by atoms with van der Waals surface area (Å²) >= 11 is 12.9. The third-order valence-electron chi connectivity index (χ3n) is 20.7. The van der Waals surface area contributed by atoms with Crippen LogP contribution in [0.3, 0.4) is 0 Å². The molecule has 4 aliphatic rings. The van der Waals surface area contributed by atoms with Gasteiger partial charge in [-0.05, 0) is 210 Å². The molecular weight excluding hydrogens is 1670 g/mol. The Labute approximate surface area is 701 Å². The number of benzene rings is 5. The van der Waals surface area contributed by atoms with Gasteiger partial charge in [-0.15, -0.1) is 0 Å². The standard InChI is InChI=1S/C36H47BrN9O2P.C19H32N4O.C17H16BrClN5OP.C7H8O3S.C4H10O/c1-7-25-18-30(33(48-4)20-32(25)46-12-10-27(11-13-46)45-16-14-44(3)15-17-45)42-36-40-22-28(37)35(43-36)41-29-9-8-26(19-34(29)49(5,6)47)31-23-38-24(2)21-39-31;1-4-15-13-17(20)19(24-3)14-18(15)23-7-5-16(6-8-23)22-11-9-21(2)10-12-22;1-10-7-21-14(9-20-10)11-4-5-13(15(6-11)26(2,3)25)23-16-12(18)8-22-17(19)24-16;1-6-2-4-7(5-3-6)11(8,9)10;1-2-3-4-5/h8-9,18-23,27H,7,10-17H2,1-6H3,(H2,40,41,42,43);13-14,16H,4-12,20H2,1-3H3;4-9H,1-3H3,(H,22,23,24);2-5H,1H3,(H,8,9,10);5H,2-4H2,1H3. The number of hydrogen-bond donors (Lipinski definition) is 6. The molecule has 13 rings (SSSR count). The average Bonchev–Trinajstić information content (AvgIpc) is 0.805. The second-order valence-electron chi connectivity index (χ2n) is 29.9. The molecule has 0 radical (unpaired) electrons. The molecule has 4 fully saturated rings. The van der Waals surface area contributed by atoms with Crippen LogP contribution in [0.4, 0.5) is 51.7 Å². The van der Waals surface area contributed by atoms with Crippen molar-refractivity contribution in [2.45, 2.75) is 110 Å². The molecule has 26 nitrogen and oxygen atoms in total. The van der Waals surface area contributed by atoms with E-state index in [2.05, 4.69) is 171 Å². The van der Waals surface area contributed by atoms with E-state index in [9.17, 15) is 17.5 Å². The number of nitrogens with two attached hydrogens (primary N) is 1. The van der Waals surface area contributed by atoms with Gasteiger partial charge in [-0.25, -0.2) is 9.97 Å². The second-order valence-corrected chi connectivity index (χ2v) is 39.8. The van der Waals surface area contributed by atoms with Gasteiger partial charge in [0.05, 0.1) is 86.0 Å². The highest BCUT2D eigenvalue weighted by Crippen LogP contribution is 2.44. The maximum Gasteiger partial charge on any atom is 0.294 e. The van der Waals surface area contributed by atoms with Crippen LogP contribution in [0.2, 0.25) is 5.28 Å². The lowest BCUT2D eigenvalue weighted by atomic mass is 9.99. The number of aromatic nitrogens is 8. The number of rotatable bonds is 21. The number of anilines is 9. The summed E-state index contributed by atoms with van der Waals surface area (Å²) in [4.78, 5) is 50.2. The largest absolute Gasteiger partial charge is 0.495 e. The minimum absolute atomic E-state index is 0.0666. The van der Waals surface area contributed by atoms with Gasteiger partial charge < -0.3 is 65.0 Å². The molecule has 0 amide bonds. The van der Waals surface area contributed by atoms with Crippen molar-refractivity contribution in [1.82, 2.24) is 59.5 Å². The first-order chi connectivity index (χ1) is 54.8. The smallest absolute Gasteiger partial charge is 0.294 e. The summed E-state index contributed by atoms with van der Waals surface area (Å²) in [6.07, 6.45) is 18.9. The van der Waals surface area contributed by atoms with Gasteiger partial charge in [-0.2, -0.15) is 18.4 Å². The maximum absolute atomic E-state index is 13.5. The highest BCUT2D eigenvalue weighted by atomic mass is 79.9. The van der Waals surface area contributed by atoms with E-state index in [1.165, 1.54) is 99.6 Å². The van der Waals surface area contributed by atoms with Crippen LogP contribution in [0.25, 0.3) is 22.5 Å². The van der Waals surface area contributed by atoms with Crippen molar-refractivity contribution in [3.8, 4) is 34.0 Å². The number of piperidine rings is 2. The van der Waals surface area contributed by atoms with E-state index in [1.54, 1.807) is 90.2 Å². The fourth-order valence-electron chi connectivity index (χ4n) is 13.9. The van der Waals surface area contributed by atoms with Gasteiger partial charge in [0.15, 0.2) is 0 Å². The lowest BCUT2D eigenvalue weighted by molar-refractivity contribution is 0.0982. The number of aryl methyl sites for hydroxylation is 5. The predicted octanol–water partition coefficient (Wildman–Crippen LogP) is 15.3. The summed E-state index contributed by atoms with van der Waals surface area (Å²) in [7, 11) is -1.46. The Morgan fingerprint density at radius 3 is 1.39 bits per heavy atom. The number of nitrogen functional groups attached to an aromatic ring is 1. The fourth-order valence-corrected chi connectivity index (χ4v) is 17.4. The second kappa shape index (κ2) is 42.6. The van der Waals surface area contributed by atoms with E-state index in [0.29, 0.717) is 61.2 Å². The van der Waals surface area contributed by atoms with Gasteiger partial charge in [-0.1, -0.05) is 57.0 Å². The highest BCUT2D eigenvalue weighted by Gasteiger charge is 2.31. The quantitative estimate of drug-likeness (QED) is 0.0168. The van der Waals surface area contributed by atoms with Gasteiger partial charge in [0, 0.05) is 167 Å². The normalized spacial score (nSPS) is 15.5. The summed E-state index contributed by atoms with van der Waals surface area (Å²) in [5.74, 6) is 3.00. The van der Waals surface area contributed by atoms with Crippen LogP contribution >= 0.6 is 57.7 Å². The van der Waals surface area contributed by atoms with Gasteiger partial charge in [0.25, 0.3) is 10.1 Å². The van der Waals surface area contributed by atoms with Gasteiger partial charge in [0.2, 0.25) is 11.2 Å². The van der Waals surface area contributed by atoms with Crippen molar-refractivity contribution in [3.63, 3.8) is 0 Å². The van der Waals surface area contributed by atoms with E-state index >= 15 is 0 Å². The predicted molar refractivity (Wildman–Crippen MR) is 478 cm³/mol. The van der Waals surface area contributed by atoms with Crippen LogP contribution in [-0.4, -0.2) is 230 Å². The number of aliphatic hydroxyl groups excluding tert-OH is 1. The van der Waals surface area contributed by atoms with Crippen molar-refractivity contribution in [3.05, 3.63) is 164 Å². The number of halogens is 3. The van der Waals surface area contributed by atoms with Crippen LogP contribution in [0.5, 0.6) is 11.5 Å². The molecule has 32 heteroatoms. The average molecular weight is 1780 g/mol. The Kier molecular flexibility index (Phi) is 33.7. The first-order valence-electron chi connectivity index (χ1n) is 39.0. The maximum atomic E-state index is 13.5. The number of hydrogen-bond acceptors (Lipinski definition) is 25. The fraction of sp³-hybridized carbons (Fsp3) is 0.446. The molecule has 4 aliphatic heterocycles. The number of nitrogens with one attached hydrogen (secondary N) is 3. The molecule has 0 atom stereocenters. The zero-order valence-corrected chi connectivity index (χ0v) is 75.2. The van der Waals surface area contributed by atoms with Crippen molar-refractivity contribution in [1.29, 1.82) is 0 Å². The SMILES string of the molecule is CCCCO.CCc1cc(N)c(OC)cc1N1CCC(N2CCN(C)CC2)CC1.CCc1cc(Nc2ncc(Br)c(Nc3ccc(-c4cnc(C)cn4)cc3P(C)(C)=O)n2)c(OC)cc1N1CCC(N2CCN(C)CC2)CC1.Cc1ccc(S(=O)(=O)O)cc1.Cc1cnc(-c2ccc(Nc3nc(Cl)ncc3Br)c(P(C)(C)=O)c2)cn1. The van der Waals surface area contributed by atoms with Gasteiger partial charge >= 0.3 is 0 Å². The zero-order valence-electron chi connectivity index (χ0n) is 68.7. The monoisotopic (exact) mass is 1780 g/mol. The third kappa shape index (κ3) is 26.1. The van der Waals surface area contributed by atoms with Crippen molar-refractivity contribution in [2.24, 2.45) is 0 Å². The van der Waals surface area contributed by atoms with Crippen LogP contribution in [0.15, 0.2) is 136 Å². The van der Waals surface area contributed by atoms with E-state index in [-0.39, 0.29) is 10.2 Å². The van der Waals surface area contributed by atoms with Crippen LogP contribution < -0.4 is 51.6 Å². The molecule has 0 bridgehead atoms. The number of unbranched alkanes of at least 4 members (excludes halogenated alkanes) is 1. The first kappa shape index (κ1) is 91.1. The number of nitrogens with zero attached hydrogens (tertiary/aromatic N) is 14. The molecule has 8 heterocycles. The van der Waals surface area contributed by atoms with E-state index < -0.39 is 24.4 Å². The van der Waals surface area contributed by atoms with E-state index in [0.717, 1.165) is 133 Å². The number of ether oxygens (including phenoxy) is 2. The Hall–Kier alpha value is -7.76. The molecule has 0 saturated carbocycles. The molecule has 4 aromatic heterocycles. The van der Waals surface area contributed by atoms with E-state index in [1.807, 2.05) is 57.2 Å². The van der Waals surface area contributed by atoms with Crippen LogP contribution in [0, 0.1) is 20.8 Å². The molecule has 620 valence electrons. The number of methoxy groups -OCH3 is 2. The highest BCUT2D eigenvalue weighted by molar-refractivity contribution is 9.11. The minimum Gasteiger partial charge on any atom is -0.495 e. The van der Waals surface area contributed by atoms with Crippen molar-refractivity contribution in [2.75, 3.05) is 172 Å². The summed E-state index contributed by atoms with van der Waals surface area (Å²) in [5.41, 5.74) is 19.9. The lowest BCUT2D eigenvalue weighted by Gasteiger charge is -2.43. The summed E-state index contributed by atoms with van der Waals surface area (Å²) < 4.78 is 68.6. The minimum atomic E-state index is -4.02. The Balaban J connectivity index is 0.000000192. The molecule has 7 N–H and O–H groups in total. The lowest BCUT2D eigenvalue weighted by Crippen LogP contribution is -2.52. The third-order valence-corrected chi connectivity index (χ3v) is 25.9. The number of aliphatic hydroxyl groups is 1. The molecule has 4 saturated heterocycles. The number of piperazine rings is 2. The molecule has 115 heavy (non-hydrogen) atoms. The number of likely N-dealkylation sites (N-methyl/N-ethyl adjacent to an activating group) is 2. The first-order valence-corrected chi connectivity index (χ1v) is 47.6. The molecular formula is C83H113Br2ClN18O8P2S. The molecule has 9 aromatic rings. The Morgan fingerprint density at radius 2 is 0.991 bits per heavy atom. The zero-order chi connectivity index (χ0) is 83.3. The van der Waals surface area contributed by atoms with Crippen LogP contribution in [-0.2, 0) is 32.1 Å². The molecule has 0 unspecified atom stereocenters. The Bertz CT molecular complexity index is 4890. The topological polar surface area (TPSA) is 312 Å².